The van der Waals surface area contributed by atoms with Gasteiger partial charge < -0.3 is 49.3 Å². The number of rotatable bonds is 11. The second-order valence-electron chi connectivity index (χ2n) is 15.7. The number of carbonyl (C=O) groups is 4. The molecule has 16 nitrogen and oxygen atoms in total. The summed E-state index contributed by atoms with van der Waals surface area (Å²) in [4.78, 5) is 71.3. The number of hydrogen-bond acceptors (Lipinski definition) is 10. The smallest absolute Gasteiger partial charge is 0.407 e. The minimum atomic E-state index is -0.933. The number of nitrogens with zero attached hydrogens (tertiary/aromatic N) is 4. The lowest BCUT2D eigenvalue weighted by atomic mass is 10.0. The van der Waals surface area contributed by atoms with Crippen molar-refractivity contribution in [1.29, 1.82) is 0 Å². The van der Waals surface area contributed by atoms with Gasteiger partial charge in [-0.25, -0.2) is 19.6 Å². The first-order chi connectivity index (χ1) is 27.9. The summed E-state index contributed by atoms with van der Waals surface area (Å²) < 4.78 is 21.6. The van der Waals surface area contributed by atoms with Crippen LogP contribution in [-0.4, -0.2) is 112 Å². The quantitative estimate of drug-likeness (QED) is 0.149. The maximum atomic E-state index is 13.9. The Morgan fingerprint density at radius 1 is 0.707 bits per heavy atom. The minimum Gasteiger partial charge on any atom is -0.453 e. The van der Waals surface area contributed by atoms with Gasteiger partial charge in [-0.2, -0.15) is 0 Å². The number of carbonyl (C=O) groups excluding carboxylic acids is 4. The van der Waals surface area contributed by atoms with E-state index in [4.69, 9.17) is 23.9 Å². The number of H-pyrrole nitrogens is 2. The fraction of sp³-hybridized carbons (Fsp3) is 0.476. The van der Waals surface area contributed by atoms with E-state index in [9.17, 15) is 19.2 Å². The molecule has 2 aromatic carbocycles. The van der Waals surface area contributed by atoms with Gasteiger partial charge in [0.05, 0.1) is 69.8 Å². The van der Waals surface area contributed by atoms with Crippen molar-refractivity contribution in [2.24, 2.45) is 11.8 Å². The summed E-state index contributed by atoms with van der Waals surface area (Å²) in [6.45, 7) is 9.20. The van der Waals surface area contributed by atoms with Gasteiger partial charge in [0.2, 0.25) is 11.8 Å². The fourth-order valence-corrected chi connectivity index (χ4v) is 8.08. The zero-order chi connectivity index (χ0) is 41.1. The van der Waals surface area contributed by atoms with E-state index in [-0.39, 0.29) is 36.2 Å². The fourth-order valence-electron chi connectivity index (χ4n) is 8.08. The molecule has 3 saturated heterocycles. The van der Waals surface area contributed by atoms with Crippen LogP contribution in [-0.2, 0) is 28.5 Å². The number of nitrogens with one attached hydrogen (secondary N) is 4. The molecule has 58 heavy (non-hydrogen) atoms. The molecule has 16 heteroatoms. The van der Waals surface area contributed by atoms with Crippen LogP contribution in [0.15, 0.2) is 60.9 Å². The lowest BCUT2D eigenvalue weighted by Gasteiger charge is -2.30. The number of methoxy groups -OCH3 is 2. The van der Waals surface area contributed by atoms with E-state index in [1.165, 1.54) is 14.2 Å². The maximum absolute atomic E-state index is 13.9. The molecular weight excluding hydrogens is 745 g/mol. The number of aromatic nitrogens is 4. The number of amides is 4. The van der Waals surface area contributed by atoms with Gasteiger partial charge in [0, 0.05) is 13.0 Å². The standard InChI is InChI=1S/C42H52N8O8/c1-24(2)34(47-40(53)55-5)38(51)49-17-7-8-32(49)36-43-21-30(45-36)28-13-9-26(10-14-28)27-11-15-29(16-12-27)31-22-44-37(46-31)33-20-42(57-18-19-58-42)23-50(33)39(52)35(25(3)4)48-41(54)56-6/h9-16,21-22,24-25,32-35H,7-8,17-20,23H2,1-6H3,(H,43,45)(H,44,46)(H,47,53)(H,48,54)/t32?,33-,34-,35-/m0/s1. The van der Waals surface area contributed by atoms with Crippen molar-refractivity contribution in [2.75, 3.05) is 40.5 Å². The number of imidazole rings is 2. The molecule has 1 unspecified atom stereocenters. The van der Waals surface area contributed by atoms with Crippen molar-refractivity contribution in [3.05, 3.63) is 72.6 Å². The number of hydrogen-bond donors (Lipinski definition) is 4. The zero-order valence-corrected chi connectivity index (χ0v) is 33.7. The molecule has 3 aliphatic heterocycles. The van der Waals surface area contributed by atoms with Crippen molar-refractivity contribution < 1.29 is 38.1 Å². The number of ether oxygens (including phenoxy) is 4. The molecule has 4 atom stereocenters. The Morgan fingerprint density at radius 3 is 1.62 bits per heavy atom. The number of aromatic amines is 2. The molecule has 308 valence electrons. The molecule has 0 aliphatic carbocycles. The predicted octanol–water partition coefficient (Wildman–Crippen LogP) is 5.58. The van der Waals surface area contributed by atoms with Gasteiger partial charge in [-0.05, 0) is 46.9 Å². The Balaban J connectivity index is 1.03. The summed E-state index contributed by atoms with van der Waals surface area (Å²) in [6, 6.07) is 14.2. The lowest BCUT2D eigenvalue weighted by molar-refractivity contribution is -0.153. The SMILES string of the molecule is COC(=O)N[C@H](C(=O)N1CCCC1c1ncc(-c2ccc(-c3ccc(-c4cnc([C@@H]5CC6(CN5C(=O)[C@@H](NC(=O)OC)C(C)C)OCCO6)[nH]4)cc3)cc2)[nH]1)C(C)C. The highest BCUT2D eigenvalue weighted by Crippen LogP contribution is 2.43. The summed E-state index contributed by atoms with van der Waals surface area (Å²) in [5.41, 5.74) is 5.59. The Labute approximate surface area is 337 Å². The second kappa shape index (κ2) is 17.0. The van der Waals surface area contributed by atoms with Gasteiger partial charge in [-0.3, -0.25) is 9.59 Å². The monoisotopic (exact) mass is 796 g/mol. The van der Waals surface area contributed by atoms with E-state index in [0.29, 0.717) is 37.8 Å². The van der Waals surface area contributed by atoms with Gasteiger partial charge >= 0.3 is 12.2 Å². The second-order valence-corrected chi connectivity index (χ2v) is 15.7. The Hall–Kier alpha value is -5.74. The molecule has 4 aromatic rings. The van der Waals surface area contributed by atoms with Crippen LogP contribution in [0, 0.1) is 11.8 Å². The Morgan fingerprint density at radius 2 is 1.16 bits per heavy atom. The Kier molecular flexibility index (Phi) is 11.9. The van der Waals surface area contributed by atoms with Crippen molar-refractivity contribution in [2.45, 2.75) is 76.9 Å². The van der Waals surface area contributed by atoms with E-state index in [2.05, 4.69) is 49.9 Å². The zero-order valence-electron chi connectivity index (χ0n) is 33.7. The van der Waals surface area contributed by atoms with Crippen molar-refractivity contribution in [1.82, 2.24) is 40.4 Å². The van der Waals surface area contributed by atoms with Crippen LogP contribution in [0.3, 0.4) is 0 Å². The Bertz CT molecular complexity index is 2090. The van der Waals surface area contributed by atoms with Crippen LogP contribution in [0.1, 0.15) is 70.7 Å². The molecule has 0 bridgehead atoms. The molecule has 4 N–H and O–H groups in total. The molecule has 5 heterocycles. The van der Waals surface area contributed by atoms with Gasteiger partial charge in [0.1, 0.15) is 23.7 Å². The number of alkyl carbamates (subject to hydrolysis) is 2. The van der Waals surface area contributed by atoms with Crippen molar-refractivity contribution in [3.8, 4) is 33.6 Å². The summed E-state index contributed by atoms with van der Waals surface area (Å²) in [5.74, 6) is -0.333. The normalized spacial score (nSPS) is 19.8. The van der Waals surface area contributed by atoms with Crippen molar-refractivity contribution in [3.63, 3.8) is 0 Å². The molecule has 0 saturated carbocycles. The molecule has 2 aromatic heterocycles. The van der Waals surface area contributed by atoms with E-state index >= 15 is 0 Å². The minimum absolute atomic E-state index is 0.112. The van der Waals surface area contributed by atoms with Crippen LogP contribution in [0.4, 0.5) is 9.59 Å². The first-order valence-electron chi connectivity index (χ1n) is 19.8. The summed E-state index contributed by atoms with van der Waals surface area (Å²) in [7, 11) is 2.56. The topological polar surface area (TPSA) is 193 Å². The van der Waals surface area contributed by atoms with E-state index in [1.54, 1.807) is 22.2 Å². The van der Waals surface area contributed by atoms with E-state index in [1.807, 2.05) is 52.0 Å². The molecule has 1 spiro atoms. The summed E-state index contributed by atoms with van der Waals surface area (Å²) in [6.07, 6.45) is 4.26. The third-order valence-corrected chi connectivity index (χ3v) is 11.3. The third-order valence-electron chi connectivity index (χ3n) is 11.3. The molecule has 7 rings (SSSR count). The van der Waals surface area contributed by atoms with Crippen LogP contribution >= 0.6 is 0 Å². The number of benzene rings is 2. The molecular formula is C42H52N8O8. The average molecular weight is 797 g/mol. The highest BCUT2D eigenvalue weighted by atomic mass is 16.7. The highest BCUT2D eigenvalue weighted by Gasteiger charge is 2.52. The van der Waals surface area contributed by atoms with Crippen LogP contribution in [0.2, 0.25) is 0 Å². The van der Waals surface area contributed by atoms with E-state index < -0.39 is 36.1 Å². The molecule has 0 radical (unpaired) electrons. The van der Waals surface area contributed by atoms with Crippen LogP contribution < -0.4 is 10.6 Å². The summed E-state index contributed by atoms with van der Waals surface area (Å²) in [5, 5.41) is 5.38. The van der Waals surface area contributed by atoms with Gasteiger partial charge in [-0.1, -0.05) is 76.2 Å². The summed E-state index contributed by atoms with van der Waals surface area (Å²) >= 11 is 0. The molecule has 4 amide bonds. The predicted molar refractivity (Wildman–Crippen MR) is 213 cm³/mol. The average Bonchev–Trinajstić information content (AvgIpc) is 4.09. The lowest BCUT2D eigenvalue weighted by Crippen LogP contribution is -2.52. The molecule has 3 fully saturated rings. The van der Waals surface area contributed by atoms with Gasteiger partial charge in [0.15, 0.2) is 5.79 Å². The molecule has 3 aliphatic rings. The van der Waals surface area contributed by atoms with Gasteiger partial charge in [-0.15, -0.1) is 0 Å². The van der Waals surface area contributed by atoms with Crippen LogP contribution in [0.25, 0.3) is 33.6 Å². The first-order valence-corrected chi connectivity index (χ1v) is 19.8. The largest absolute Gasteiger partial charge is 0.453 e. The van der Waals surface area contributed by atoms with Crippen LogP contribution in [0.5, 0.6) is 0 Å². The number of likely N-dealkylation sites (tertiary alicyclic amines) is 2. The van der Waals surface area contributed by atoms with Gasteiger partial charge in [0.25, 0.3) is 0 Å². The highest BCUT2D eigenvalue weighted by molar-refractivity contribution is 5.87. The van der Waals surface area contributed by atoms with E-state index in [0.717, 1.165) is 46.5 Å². The first kappa shape index (κ1) is 40.5. The van der Waals surface area contributed by atoms with Crippen molar-refractivity contribution >= 4 is 24.0 Å². The maximum Gasteiger partial charge on any atom is 0.407 e. The third kappa shape index (κ3) is 8.29.